The van der Waals surface area contributed by atoms with Crippen molar-refractivity contribution in [2.45, 2.75) is 13.3 Å². The molecule has 1 heterocycles. The average Bonchev–Trinajstić information content (AvgIpc) is 2.66. The highest BCUT2D eigenvalue weighted by Gasteiger charge is 2.39. The molecular weight excluding hydrogens is 221 g/mol. The minimum Gasteiger partial charge on any atom is -0.397 e. The topological polar surface area (TPSA) is 72.4 Å². The molecule has 1 unspecified atom stereocenters. The number of benzene rings is 1. The Labute approximate surface area is 99.4 Å². The lowest BCUT2D eigenvalue weighted by molar-refractivity contribution is -0.125. The van der Waals surface area contributed by atoms with Gasteiger partial charge in [0.1, 0.15) is 5.82 Å². The van der Waals surface area contributed by atoms with E-state index in [0.29, 0.717) is 30.9 Å². The quantitative estimate of drug-likeness (QED) is 0.757. The third-order valence-electron chi connectivity index (χ3n) is 3.40. The zero-order valence-electron chi connectivity index (χ0n) is 9.74. The maximum atomic E-state index is 13.2. The Hall–Kier alpha value is -1.78. The molecule has 92 valence electrons. The maximum absolute atomic E-state index is 13.2. The van der Waals surface area contributed by atoms with Crippen LogP contribution in [0, 0.1) is 11.2 Å². The van der Waals surface area contributed by atoms with Gasteiger partial charge in [-0.1, -0.05) is 0 Å². The number of anilines is 2. The normalized spacial score (nSPS) is 24.0. The summed E-state index contributed by atoms with van der Waals surface area (Å²) in [5.74, 6) is -0.656. The van der Waals surface area contributed by atoms with Gasteiger partial charge in [0, 0.05) is 13.1 Å². The average molecular weight is 237 g/mol. The van der Waals surface area contributed by atoms with E-state index in [1.807, 2.05) is 11.8 Å². The Morgan fingerprint density at radius 3 is 2.82 bits per heavy atom. The number of nitrogen functional groups attached to an aromatic ring is 1. The summed E-state index contributed by atoms with van der Waals surface area (Å²) < 4.78 is 13.2. The summed E-state index contributed by atoms with van der Waals surface area (Å²) in [5, 5.41) is 0. The molecule has 4 N–H and O–H groups in total. The predicted octanol–water partition coefficient (Wildman–Crippen LogP) is 1.11. The Balaban J connectivity index is 2.26. The van der Waals surface area contributed by atoms with Crippen LogP contribution in [-0.2, 0) is 4.79 Å². The van der Waals surface area contributed by atoms with Gasteiger partial charge < -0.3 is 16.4 Å². The van der Waals surface area contributed by atoms with Crippen molar-refractivity contribution in [3.63, 3.8) is 0 Å². The van der Waals surface area contributed by atoms with Crippen LogP contribution in [0.25, 0.3) is 0 Å². The molecule has 2 rings (SSSR count). The summed E-state index contributed by atoms with van der Waals surface area (Å²) in [6.07, 6.45) is 0.665. The van der Waals surface area contributed by atoms with Crippen LogP contribution in [0.1, 0.15) is 13.3 Å². The van der Waals surface area contributed by atoms with E-state index in [4.69, 9.17) is 11.5 Å². The number of nitrogens with zero attached hydrogens (tertiary/aromatic N) is 1. The first-order chi connectivity index (χ1) is 7.92. The maximum Gasteiger partial charge on any atom is 0.225 e. The van der Waals surface area contributed by atoms with Crippen LogP contribution in [0.3, 0.4) is 0 Å². The summed E-state index contributed by atoms with van der Waals surface area (Å²) in [6.45, 7) is 2.97. The molecule has 5 heteroatoms. The number of primary amides is 1. The first-order valence-electron chi connectivity index (χ1n) is 5.52. The third kappa shape index (κ3) is 2.05. The van der Waals surface area contributed by atoms with Crippen LogP contribution < -0.4 is 16.4 Å². The van der Waals surface area contributed by atoms with E-state index in [-0.39, 0.29) is 11.7 Å². The van der Waals surface area contributed by atoms with Crippen LogP contribution in [0.4, 0.5) is 15.8 Å². The summed E-state index contributed by atoms with van der Waals surface area (Å²) >= 11 is 0. The Bertz CT molecular complexity index is 463. The van der Waals surface area contributed by atoms with Crippen LogP contribution in [-0.4, -0.2) is 19.0 Å². The number of nitrogens with two attached hydrogens (primary N) is 2. The largest absolute Gasteiger partial charge is 0.397 e. The number of carbonyl (C=O) groups excluding carboxylic acids is 1. The fourth-order valence-electron chi connectivity index (χ4n) is 2.16. The predicted molar refractivity (Wildman–Crippen MR) is 64.9 cm³/mol. The molecule has 0 saturated carbocycles. The van der Waals surface area contributed by atoms with Gasteiger partial charge in [-0.25, -0.2) is 4.39 Å². The van der Waals surface area contributed by atoms with Gasteiger partial charge in [0.05, 0.1) is 16.8 Å². The molecule has 0 spiro atoms. The van der Waals surface area contributed by atoms with Crippen molar-refractivity contribution in [2.24, 2.45) is 11.1 Å². The van der Waals surface area contributed by atoms with Gasteiger partial charge in [0.2, 0.25) is 5.91 Å². The molecule has 1 aliphatic heterocycles. The number of carbonyl (C=O) groups is 1. The van der Waals surface area contributed by atoms with Gasteiger partial charge >= 0.3 is 0 Å². The highest BCUT2D eigenvalue weighted by molar-refractivity contribution is 5.82. The SMILES string of the molecule is CC1(C(N)=O)CCN(c2cc(F)ccc2N)C1. The number of hydrogen-bond donors (Lipinski definition) is 2. The van der Waals surface area contributed by atoms with Crippen molar-refractivity contribution < 1.29 is 9.18 Å². The Morgan fingerprint density at radius 2 is 2.24 bits per heavy atom. The molecule has 0 aromatic heterocycles. The monoisotopic (exact) mass is 237 g/mol. The lowest BCUT2D eigenvalue weighted by Gasteiger charge is -2.23. The second-order valence-electron chi connectivity index (χ2n) is 4.80. The molecule has 1 saturated heterocycles. The lowest BCUT2D eigenvalue weighted by atomic mass is 9.89. The Morgan fingerprint density at radius 1 is 1.53 bits per heavy atom. The number of hydrogen-bond acceptors (Lipinski definition) is 3. The zero-order chi connectivity index (χ0) is 12.6. The molecule has 1 aromatic rings. The summed E-state index contributed by atoms with van der Waals surface area (Å²) in [5.41, 5.74) is 11.8. The van der Waals surface area contributed by atoms with Crippen molar-refractivity contribution in [2.75, 3.05) is 23.7 Å². The van der Waals surface area contributed by atoms with Crippen LogP contribution in [0.2, 0.25) is 0 Å². The number of amides is 1. The van der Waals surface area contributed by atoms with Crippen LogP contribution in [0.15, 0.2) is 18.2 Å². The molecule has 0 bridgehead atoms. The molecule has 1 atom stereocenters. The van der Waals surface area contributed by atoms with E-state index in [1.165, 1.54) is 18.2 Å². The molecular formula is C12H16FN3O. The first kappa shape index (κ1) is 11.7. The zero-order valence-corrected chi connectivity index (χ0v) is 9.74. The minimum atomic E-state index is -0.557. The first-order valence-corrected chi connectivity index (χ1v) is 5.52. The smallest absolute Gasteiger partial charge is 0.225 e. The molecule has 0 aliphatic carbocycles. The van der Waals surface area contributed by atoms with E-state index >= 15 is 0 Å². The highest BCUT2D eigenvalue weighted by Crippen LogP contribution is 2.35. The molecule has 1 aromatic carbocycles. The van der Waals surface area contributed by atoms with Crippen LogP contribution in [0.5, 0.6) is 0 Å². The lowest BCUT2D eigenvalue weighted by Crippen LogP contribution is -2.37. The van der Waals surface area contributed by atoms with Gasteiger partial charge in [0.15, 0.2) is 0 Å². The van der Waals surface area contributed by atoms with Crippen LogP contribution >= 0.6 is 0 Å². The van der Waals surface area contributed by atoms with E-state index in [2.05, 4.69) is 0 Å². The van der Waals surface area contributed by atoms with Gasteiger partial charge in [-0.2, -0.15) is 0 Å². The van der Waals surface area contributed by atoms with E-state index in [1.54, 1.807) is 0 Å². The van der Waals surface area contributed by atoms with Crippen molar-refractivity contribution in [3.8, 4) is 0 Å². The third-order valence-corrected chi connectivity index (χ3v) is 3.40. The molecule has 17 heavy (non-hydrogen) atoms. The fourth-order valence-corrected chi connectivity index (χ4v) is 2.16. The van der Waals surface area contributed by atoms with Crippen molar-refractivity contribution in [3.05, 3.63) is 24.0 Å². The summed E-state index contributed by atoms with van der Waals surface area (Å²) in [7, 11) is 0. The van der Waals surface area contributed by atoms with Crippen molar-refractivity contribution in [1.82, 2.24) is 0 Å². The molecule has 4 nitrogen and oxygen atoms in total. The molecule has 1 aliphatic rings. The van der Waals surface area contributed by atoms with Gasteiger partial charge in [-0.05, 0) is 31.5 Å². The molecule has 0 radical (unpaired) electrons. The minimum absolute atomic E-state index is 0.324. The Kier molecular flexibility index (Phi) is 2.69. The van der Waals surface area contributed by atoms with Crippen molar-refractivity contribution in [1.29, 1.82) is 0 Å². The van der Waals surface area contributed by atoms with E-state index in [9.17, 15) is 9.18 Å². The van der Waals surface area contributed by atoms with Crippen molar-refractivity contribution >= 4 is 17.3 Å². The van der Waals surface area contributed by atoms with E-state index in [0.717, 1.165) is 0 Å². The highest BCUT2D eigenvalue weighted by atomic mass is 19.1. The van der Waals surface area contributed by atoms with Gasteiger partial charge in [-0.15, -0.1) is 0 Å². The number of halogens is 1. The second-order valence-corrected chi connectivity index (χ2v) is 4.80. The van der Waals surface area contributed by atoms with E-state index < -0.39 is 5.41 Å². The van der Waals surface area contributed by atoms with Gasteiger partial charge in [0.25, 0.3) is 0 Å². The molecule has 1 fully saturated rings. The fraction of sp³-hybridized carbons (Fsp3) is 0.417. The van der Waals surface area contributed by atoms with Gasteiger partial charge in [-0.3, -0.25) is 4.79 Å². The second kappa shape index (κ2) is 3.91. The number of rotatable bonds is 2. The molecule has 1 amide bonds. The summed E-state index contributed by atoms with van der Waals surface area (Å²) in [6, 6.07) is 4.24. The summed E-state index contributed by atoms with van der Waals surface area (Å²) in [4.78, 5) is 13.2. The standard InChI is InChI=1S/C12H16FN3O/c1-12(11(15)17)4-5-16(7-12)10-6-8(13)2-3-9(10)14/h2-3,6H,4-5,7,14H2,1H3,(H2,15,17).